The number of rotatable bonds is 3. The maximum absolute atomic E-state index is 4.36. The molecule has 1 fully saturated rings. The fourth-order valence-electron chi connectivity index (χ4n) is 2.01. The van der Waals surface area contributed by atoms with Crippen molar-refractivity contribution < 1.29 is 0 Å². The minimum atomic E-state index is 0.429. The summed E-state index contributed by atoms with van der Waals surface area (Å²) in [6.07, 6.45) is 3.43. The van der Waals surface area contributed by atoms with E-state index in [-0.39, 0.29) is 0 Å². The summed E-state index contributed by atoms with van der Waals surface area (Å²) >= 11 is 0. The van der Waals surface area contributed by atoms with Crippen molar-refractivity contribution in [3.05, 3.63) is 17.5 Å². The van der Waals surface area contributed by atoms with E-state index in [4.69, 9.17) is 0 Å². The van der Waals surface area contributed by atoms with Gasteiger partial charge in [0.25, 0.3) is 0 Å². The highest BCUT2D eigenvalue weighted by molar-refractivity contribution is 5.19. The van der Waals surface area contributed by atoms with Crippen molar-refractivity contribution in [2.45, 2.75) is 39.3 Å². The number of nitrogens with one attached hydrogen (secondary N) is 1. The standard InChI is InChI=1S/C11H19N3/c1-7-5-11(7)12-8(2)10-6-14(4)13-9(10)3/h6-8,11-12H,5H2,1-4H3/t7-,8?,11-/m1/s1. The highest BCUT2D eigenvalue weighted by Gasteiger charge is 2.33. The van der Waals surface area contributed by atoms with Crippen LogP contribution in [0.25, 0.3) is 0 Å². The van der Waals surface area contributed by atoms with Crippen LogP contribution in [0.15, 0.2) is 6.20 Å². The third-order valence-corrected chi connectivity index (χ3v) is 3.09. The van der Waals surface area contributed by atoms with Crippen LogP contribution in [0, 0.1) is 12.8 Å². The van der Waals surface area contributed by atoms with Crippen LogP contribution in [-0.2, 0) is 7.05 Å². The molecule has 1 heterocycles. The van der Waals surface area contributed by atoms with Crippen LogP contribution >= 0.6 is 0 Å². The Morgan fingerprint density at radius 2 is 2.29 bits per heavy atom. The quantitative estimate of drug-likeness (QED) is 0.793. The molecule has 3 atom stereocenters. The first-order valence-electron chi connectivity index (χ1n) is 5.34. The van der Waals surface area contributed by atoms with Crippen molar-refractivity contribution in [1.82, 2.24) is 15.1 Å². The van der Waals surface area contributed by atoms with Gasteiger partial charge in [-0.15, -0.1) is 0 Å². The predicted molar refractivity (Wildman–Crippen MR) is 57.1 cm³/mol. The van der Waals surface area contributed by atoms with E-state index in [0.29, 0.717) is 6.04 Å². The van der Waals surface area contributed by atoms with Crippen LogP contribution in [0.2, 0.25) is 0 Å². The van der Waals surface area contributed by atoms with Gasteiger partial charge in [-0.1, -0.05) is 6.92 Å². The summed E-state index contributed by atoms with van der Waals surface area (Å²) in [6, 6.07) is 1.16. The summed E-state index contributed by atoms with van der Waals surface area (Å²) in [5, 5.41) is 7.98. The fourth-order valence-corrected chi connectivity index (χ4v) is 2.01. The Balaban J connectivity index is 2.03. The molecule has 1 N–H and O–H groups in total. The second-order valence-corrected chi connectivity index (χ2v) is 4.55. The number of nitrogens with zero attached hydrogens (tertiary/aromatic N) is 2. The van der Waals surface area contributed by atoms with Crippen molar-refractivity contribution in [1.29, 1.82) is 0 Å². The van der Waals surface area contributed by atoms with Crippen LogP contribution in [0.4, 0.5) is 0 Å². The zero-order valence-electron chi connectivity index (χ0n) is 9.41. The lowest BCUT2D eigenvalue weighted by molar-refractivity contribution is 0.549. The van der Waals surface area contributed by atoms with Crippen molar-refractivity contribution in [2.24, 2.45) is 13.0 Å². The maximum Gasteiger partial charge on any atom is 0.0641 e. The van der Waals surface area contributed by atoms with Crippen LogP contribution in [-0.4, -0.2) is 15.8 Å². The number of aromatic nitrogens is 2. The number of hydrogen-bond acceptors (Lipinski definition) is 2. The lowest BCUT2D eigenvalue weighted by Crippen LogP contribution is -2.22. The molecule has 3 heteroatoms. The zero-order valence-corrected chi connectivity index (χ0v) is 9.41. The van der Waals surface area contributed by atoms with E-state index in [0.717, 1.165) is 17.7 Å². The molecule has 1 aliphatic rings. The lowest BCUT2D eigenvalue weighted by atomic mass is 10.1. The Morgan fingerprint density at radius 3 is 2.71 bits per heavy atom. The second-order valence-electron chi connectivity index (χ2n) is 4.55. The summed E-state index contributed by atoms with van der Waals surface area (Å²) in [5.41, 5.74) is 2.47. The van der Waals surface area contributed by atoms with Crippen LogP contribution in [0.5, 0.6) is 0 Å². The van der Waals surface area contributed by atoms with Gasteiger partial charge in [0.2, 0.25) is 0 Å². The van der Waals surface area contributed by atoms with E-state index in [1.165, 1.54) is 12.0 Å². The van der Waals surface area contributed by atoms with Gasteiger partial charge >= 0.3 is 0 Å². The monoisotopic (exact) mass is 193 g/mol. The Hall–Kier alpha value is -0.830. The van der Waals surface area contributed by atoms with Crippen molar-refractivity contribution in [3.63, 3.8) is 0 Å². The first-order chi connectivity index (χ1) is 6.58. The summed E-state index contributed by atoms with van der Waals surface area (Å²) in [6.45, 7) is 6.58. The first-order valence-corrected chi connectivity index (χ1v) is 5.34. The van der Waals surface area contributed by atoms with E-state index in [1.807, 2.05) is 11.7 Å². The van der Waals surface area contributed by atoms with Gasteiger partial charge < -0.3 is 5.32 Å². The van der Waals surface area contributed by atoms with Crippen LogP contribution < -0.4 is 5.32 Å². The summed E-state index contributed by atoms with van der Waals surface area (Å²) < 4.78 is 1.89. The third kappa shape index (κ3) is 1.82. The van der Waals surface area contributed by atoms with E-state index < -0.39 is 0 Å². The molecule has 0 amide bonds. The van der Waals surface area contributed by atoms with Crippen LogP contribution in [0.1, 0.15) is 37.6 Å². The molecule has 0 aromatic carbocycles. The molecule has 0 bridgehead atoms. The first kappa shape index (κ1) is 9.71. The fraction of sp³-hybridized carbons (Fsp3) is 0.727. The highest BCUT2D eigenvalue weighted by atomic mass is 15.3. The molecule has 2 rings (SSSR count). The van der Waals surface area contributed by atoms with E-state index in [9.17, 15) is 0 Å². The molecule has 0 aliphatic heterocycles. The normalized spacial score (nSPS) is 27.7. The third-order valence-electron chi connectivity index (χ3n) is 3.09. The SMILES string of the molecule is Cc1nn(C)cc1C(C)N[C@@H]1C[C@H]1C. The van der Waals surface area contributed by atoms with E-state index in [1.54, 1.807) is 0 Å². The molecule has 3 nitrogen and oxygen atoms in total. The predicted octanol–water partition coefficient (Wildman–Crippen LogP) is 1.79. The van der Waals surface area contributed by atoms with Gasteiger partial charge in [-0.3, -0.25) is 4.68 Å². The molecule has 0 saturated heterocycles. The summed E-state index contributed by atoms with van der Waals surface area (Å²) in [4.78, 5) is 0. The Bertz CT molecular complexity index is 329. The molecule has 14 heavy (non-hydrogen) atoms. The molecular weight excluding hydrogens is 174 g/mol. The van der Waals surface area contributed by atoms with E-state index >= 15 is 0 Å². The molecule has 78 valence electrons. The Labute approximate surface area is 85.5 Å². The molecule has 1 saturated carbocycles. The van der Waals surface area contributed by atoms with Crippen molar-refractivity contribution >= 4 is 0 Å². The topological polar surface area (TPSA) is 29.9 Å². The Morgan fingerprint density at radius 1 is 1.64 bits per heavy atom. The van der Waals surface area contributed by atoms with Gasteiger partial charge in [-0.05, 0) is 26.2 Å². The van der Waals surface area contributed by atoms with Crippen molar-refractivity contribution in [2.75, 3.05) is 0 Å². The zero-order chi connectivity index (χ0) is 10.3. The largest absolute Gasteiger partial charge is 0.307 e. The van der Waals surface area contributed by atoms with Gasteiger partial charge in [0.15, 0.2) is 0 Å². The Kier molecular flexibility index (Phi) is 2.35. The minimum absolute atomic E-state index is 0.429. The summed E-state index contributed by atoms with van der Waals surface area (Å²) in [5.74, 6) is 0.856. The van der Waals surface area contributed by atoms with Crippen molar-refractivity contribution in [3.8, 4) is 0 Å². The number of aryl methyl sites for hydroxylation is 2. The number of hydrogen-bond donors (Lipinski definition) is 1. The minimum Gasteiger partial charge on any atom is -0.307 e. The average Bonchev–Trinajstić information content (AvgIpc) is 2.64. The molecule has 1 unspecified atom stereocenters. The molecule has 0 radical (unpaired) electrons. The molecule has 1 aliphatic carbocycles. The summed E-state index contributed by atoms with van der Waals surface area (Å²) in [7, 11) is 1.98. The lowest BCUT2D eigenvalue weighted by Gasteiger charge is -2.12. The van der Waals surface area contributed by atoms with Gasteiger partial charge in [-0.25, -0.2) is 0 Å². The van der Waals surface area contributed by atoms with Crippen LogP contribution in [0.3, 0.4) is 0 Å². The molecule has 1 aromatic heterocycles. The highest BCUT2D eigenvalue weighted by Crippen LogP contribution is 2.31. The van der Waals surface area contributed by atoms with Gasteiger partial charge in [0, 0.05) is 30.9 Å². The van der Waals surface area contributed by atoms with E-state index in [2.05, 4.69) is 37.4 Å². The second kappa shape index (κ2) is 3.39. The average molecular weight is 193 g/mol. The molecular formula is C11H19N3. The molecule has 1 aromatic rings. The van der Waals surface area contributed by atoms with Gasteiger partial charge in [0.1, 0.15) is 0 Å². The maximum atomic E-state index is 4.36. The van der Waals surface area contributed by atoms with Gasteiger partial charge in [0.05, 0.1) is 5.69 Å². The van der Waals surface area contributed by atoms with Gasteiger partial charge in [-0.2, -0.15) is 5.10 Å². The molecule has 0 spiro atoms. The smallest absolute Gasteiger partial charge is 0.0641 e.